The van der Waals surface area contributed by atoms with Gasteiger partial charge in [-0.05, 0) is 23.8 Å². The van der Waals surface area contributed by atoms with Gasteiger partial charge >= 0.3 is 0 Å². The van der Waals surface area contributed by atoms with E-state index in [0.29, 0.717) is 16.1 Å². The number of hydrogen-bond donors (Lipinski definition) is 1. The average molecular weight is 308 g/mol. The highest BCUT2D eigenvalue weighted by Crippen LogP contribution is 2.15. The number of nitrogens with one attached hydrogen (secondary N) is 1. The summed E-state index contributed by atoms with van der Waals surface area (Å²) in [5.74, 6) is -0.0783. The lowest BCUT2D eigenvalue weighted by Crippen LogP contribution is -2.15. The summed E-state index contributed by atoms with van der Waals surface area (Å²) < 4.78 is 26.3. The average Bonchev–Trinajstić information content (AvgIpc) is 2.37. The Balaban J connectivity index is 2.17. The molecule has 102 valence electrons. The molecule has 0 saturated carbocycles. The van der Waals surface area contributed by atoms with Crippen LogP contribution in [0.2, 0.25) is 5.02 Å². The van der Waals surface area contributed by atoms with Crippen molar-refractivity contribution in [3.05, 3.63) is 58.7 Å². The Morgan fingerprint density at radius 2 is 2.10 bits per heavy atom. The summed E-state index contributed by atoms with van der Waals surface area (Å²) in [5, 5.41) is 9.18. The van der Waals surface area contributed by atoms with Crippen molar-refractivity contribution in [2.24, 2.45) is 0 Å². The van der Waals surface area contributed by atoms with Gasteiger partial charge in [-0.2, -0.15) is 5.26 Å². The van der Waals surface area contributed by atoms with E-state index in [0.717, 1.165) is 0 Å². The van der Waals surface area contributed by atoms with Crippen LogP contribution in [-0.2, 0) is 15.8 Å². The van der Waals surface area contributed by atoms with Gasteiger partial charge in [0.25, 0.3) is 0 Å². The van der Waals surface area contributed by atoms with Gasteiger partial charge in [0.2, 0.25) is 10.0 Å². The molecule has 1 heterocycles. The normalized spacial score (nSPS) is 10.8. The molecule has 0 fully saturated rings. The fourth-order valence-corrected chi connectivity index (χ4v) is 2.89. The predicted molar refractivity (Wildman–Crippen MR) is 76.7 cm³/mol. The minimum absolute atomic E-state index is 0.161. The zero-order valence-electron chi connectivity index (χ0n) is 10.2. The zero-order chi connectivity index (χ0) is 14.6. The molecule has 2 aromatic rings. The molecule has 5 nitrogen and oxygen atoms in total. The van der Waals surface area contributed by atoms with Crippen LogP contribution in [0.1, 0.15) is 11.1 Å². The van der Waals surface area contributed by atoms with Crippen molar-refractivity contribution >= 4 is 27.4 Å². The van der Waals surface area contributed by atoms with Crippen LogP contribution in [0, 0.1) is 11.3 Å². The molecule has 0 spiro atoms. The number of sulfonamides is 1. The van der Waals surface area contributed by atoms with Crippen LogP contribution < -0.4 is 4.72 Å². The molecule has 0 aliphatic carbocycles. The van der Waals surface area contributed by atoms with Gasteiger partial charge in [0.05, 0.1) is 17.4 Å². The van der Waals surface area contributed by atoms with E-state index in [1.807, 2.05) is 6.07 Å². The number of benzene rings is 1. The number of nitrogens with zero attached hydrogens (tertiary/aromatic N) is 2. The maximum absolute atomic E-state index is 12.0. The fraction of sp³-hybridized carbons (Fsp3) is 0.0769. The summed E-state index contributed by atoms with van der Waals surface area (Å²) >= 11 is 5.76. The van der Waals surface area contributed by atoms with Crippen LogP contribution in [-0.4, -0.2) is 13.4 Å². The Labute approximate surface area is 121 Å². The van der Waals surface area contributed by atoms with Gasteiger partial charge < -0.3 is 0 Å². The Morgan fingerprint density at radius 1 is 1.30 bits per heavy atom. The minimum Gasteiger partial charge on any atom is -0.267 e. The number of halogens is 1. The molecule has 0 amide bonds. The van der Waals surface area contributed by atoms with Gasteiger partial charge in [0.1, 0.15) is 5.82 Å². The third-order valence-electron chi connectivity index (χ3n) is 2.39. The number of anilines is 1. The van der Waals surface area contributed by atoms with Crippen molar-refractivity contribution in [1.82, 2.24) is 4.98 Å². The van der Waals surface area contributed by atoms with Crippen LogP contribution in [0.5, 0.6) is 0 Å². The summed E-state index contributed by atoms with van der Waals surface area (Å²) in [6, 6.07) is 11.4. The van der Waals surface area contributed by atoms with E-state index in [1.54, 1.807) is 24.3 Å². The van der Waals surface area contributed by atoms with E-state index < -0.39 is 10.0 Å². The van der Waals surface area contributed by atoms with Crippen LogP contribution in [0.3, 0.4) is 0 Å². The molecule has 0 bridgehead atoms. The number of rotatable bonds is 4. The molecule has 7 heteroatoms. The topological polar surface area (TPSA) is 82.8 Å². The van der Waals surface area contributed by atoms with Crippen LogP contribution in [0.25, 0.3) is 0 Å². The predicted octanol–water partition coefficient (Wildman–Crippen LogP) is 2.55. The molecular weight excluding hydrogens is 298 g/mol. The summed E-state index contributed by atoms with van der Waals surface area (Å²) in [5.41, 5.74) is 0.942. The van der Waals surface area contributed by atoms with Gasteiger partial charge in [-0.3, -0.25) is 4.72 Å². The quantitative estimate of drug-likeness (QED) is 0.941. The highest BCUT2D eigenvalue weighted by molar-refractivity contribution is 7.91. The van der Waals surface area contributed by atoms with Gasteiger partial charge in [-0.1, -0.05) is 23.7 Å². The van der Waals surface area contributed by atoms with E-state index >= 15 is 0 Å². The monoisotopic (exact) mass is 307 g/mol. The summed E-state index contributed by atoms with van der Waals surface area (Å²) in [7, 11) is -3.61. The van der Waals surface area contributed by atoms with Crippen molar-refractivity contribution in [3.8, 4) is 6.07 Å². The van der Waals surface area contributed by atoms with Gasteiger partial charge in [0.15, 0.2) is 0 Å². The molecular formula is C13H10ClN3O2S. The fourth-order valence-electron chi connectivity index (χ4n) is 1.61. The van der Waals surface area contributed by atoms with E-state index in [2.05, 4.69) is 9.71 Å². The first-order valence-electron chi connectivity index (χ1n) is 5.59. The molecule has 2 rings (SSSR count). The third-order valence-corrected chi connectivity index (χ3v) is 3.86. The third kappa shape index (κ3) is 3.95. The summed E-state index contributed by atoms with van der Waals surface area (Å²) in [4.78, 5) is 3.87. The van der Waals surface area contributed by atoms with Gasteiger partial charge in [-0.15, -0.1) is 0 Å². The van der Waals surface area contributed by atoms with E-state index in [1.165, 1.54) is 18.3 Å². The largest absolute Gasteiger partial charge is 0.267 e. The van der Waals surface area contributed by atoms with Crippen molar-refractivity contribution in [2.75, 3.05) is 4.72 Å². The lowest BCUT2D eigenvalue weighted by atomic mass is 10.2. The van der Waals surface area contributed by atoms with E-state index in [9.17, 15) is 8.42 Å². The molecule has 0 saturated heterocycles. The lowest BCUT2D eigenvalue weighted by molar-refractivity contribution is 0.600. The number of aromatic nitrogens is 1. The summed E-state index contributed by atoms with van der Waals surface area (Å²) in [6.45, 7) is 0. The summed E-state index contributed by atoms with van der Waals surface area (Å²) in [6.07, 6.45) is 1.41. The molecule has 1 N–H and O–H groups in total. The first-order chi connectivity index (χ1) is 9.48. The molecule has 0 radical (unpaired) electrons. The molecule has 0 aliphatic heterocycles. The second-order valence-corrected chi connectivity index (χ2v) is 6.19. The Hall–Kier alpha value is -2.10. The maximum Gasteiger partial charge on any atom is 0.238 e. The zero-order valence-corrected chi connectivity index (χ0v) is 11.8. The standard InChI is InChI=1S/C13H10ClN3O2S/c14-12-4-5-16-13(7-12)17-20(18,19)9-11-3-1-2-10(6-11)8-15/h1-7H,9H2,(H,16,17). The highest BCUT2D eigenvalue weighted by Gasteiger charge is 2.13. The molecule has 0 atom stereocenters. The van der Waals surface area contributed by atoms with E-state index in [4.69, 9.17) is 16.9 Å². The second-order valence-electron chi connectivity index (χ2n) is 4.03. The van der Waals surface area contributed by atoms with E-state index in [-0.39, 0.29) is 11.6 Å². The minimum atomic E-state index is -3.61. The molecule has 1 aromatic carbocycles. The Kier molecular flexibility index (Phi) is 4.23. The van der Waals surface area contributed by atoms with Crippen LogP contribution in [0.15, 0.2) is 42.6 Å². The van der Waals surface area contributed by atoms with Gasteiger partial charge in [-0.25, -0.2) is 13.4 Å². The van der Waals surface area contributed by atoms with Crippen molar-refractivity contribution < 1.29 is 8.42 Å². The second kappa shape index (κ2) is 5.90. The van der Waals surface area contributed by atoms with Crippen molar-refractivity contribution in [1.29, 1.82) is 5.26 Å². The van der Waals surface area contributed by atoms with Crippen LogP contribution >= 0.6 is 11.6 Å². The first kappa shape index (κ1) is 14.3. The van der Waals surface area contributed by atoms with Crippen molar-refractivity contribution in [3.63, 3.8) is 0 Å². The van der Waals surface area contributed by atoms with Crippen molar-refractivity contribution in [2.45, 2.75) is 5.75 Å². The van der Waals surface area contributed by atoms with Gasteiger partial charge in [0, 0.05) is 17.3 Å². The smallest absolute Gasteiger partial charge is 0.238 e. The molecule has 20 heavy (non-hydrogen) atoms. The molecule has 0 unspecified atom stereocenters. The Bertz CT molecular complexity index is 769. The SMILES string of the molecule is N#Cc1cccc(CS(=O)(=O)Nc2cc(Cl)ccn2)c1. The molecule has 0 aliphatic rings. The number of nitriles is 1. The van der Waals surface area contributed by atoms with Crippen LogP contribution in [0.4, 0.5) is 5.82 Å². The lowest BCUT2D eigenvalue weighted by Gasteiger charge is -2.07. The first-order valence-corrected chi connectivity index (χ1v) is 7.63. The highest BCUT2D eigenvalue weighted by atomic mass is 35.5. The number of hydrogen-bond acceptors (Lipinski definition) is 4. The Morgan fingerprint density at radius 3 is 2.80 bits per heavy atom. The number of pyridine rings is 1. The molecule has 1 aromatic heterocycles. The maximum atomic E-state index is 12.0.